The van der Waals surface area contributed by atoms with Gasteiger partial charge in [-0.15, -0.1) is 22.7 Å². The minimum Gasteiger partial charge on any atom is -0.477 e. The molecule has 0 radical (unpaired) electrons. The molecule has 2 rings (SSSR count). The number of aromatic carboxylic acids is 1. The van der Waals surface area contributed by atoms with Crippen LogP contribution in [0.4, 0.5) is 0 Å². The first-order chi connectivity index (χ1) is 9.82. The summed E-state index contributed by atoms with van der Waals surface area (Å²) in [5.74, 6) is -1.11. The number of sulfonamides is 1. The third kappa shape index (κ3) is 3.52. The topological polar surface area (TPSA) is 74.7 Å². The molecule has 2 aromatic heterocycles. The van der Waals surface area contributed by atoms with E-state index in [-0.39, 0.29) is 9.77 Å². The molecule has 0 saturated heterocycles. The van der Waals surface area contributed by atoms with E-state index in [4.69, 9.17) is 5.11 Å². The van der Waals surface area contributed by atoms with Crippen LogP contribution in [0.25, 0.3) is 0 Å². The summed E-state index contributed by atoms with van der Waals surface area (Å²) < 4.78 is 26.3. The lowest BCUT2D eigenvalue weighted by Gasteiger charge is -2.16. The number of hydrogen-bond acceptors (Lipinski definition) is 5. The van der Waals surface area contributed by atoms with E-state index < -0.39 is 16.0 Å². The Balaban J connectivity index is 2.18. The molecule has 2 heterocycles. The number of thiophene rings is 2. The molecule has 0 spiro atoms. The van der Waals surface area contributed by atoms with E-state index in [0.29, 0.717) is 17.8 Å². The van der Waals surface area contributed by atoms with E-state index in [9.17, 15) is 13.2 Å². The number of aryl methyl sites for hydroxylation is 1. The minimum absolute atomic E-state index is 0.0396. The second-order valence-electron chi connectivity index (χ2n) is 4.49. The summed E-state index contributed by atoms with van der Waals surface area (Å²) in [7, 11) is -2.14. The van der Waals surface area contributed by atoms with Crippen molar-refractivity contribution in [1.29, 1.82) is 0 Å². The highest BCUT2D eigenvalue weighted by Crippen LogP contribution is 2.28. The number of hydrogen-bond donors (Lipinski definition) is 1. The fraction of sp³-hybridized carbons (Fsp3) is 0.308. The SMILES string of the molecule is Cc1sc(C(=O)O)cc1S(=O)(=O)N(C)CCc1cccs1. The van der Waals surface area contributed by atoms with Crippen molar-refractivity contribution in [3.8, 4) is 0 Å². The molecule has 8 heteroatoms. The molecule has 2 aromatic rings. The van der Waals surface area contributed by atoms with Crippen LogP contribution in [0.15, 0.2) is 28.5 Å². The van der Waals surface area contributed by atoms with Crippen molar-refractivity contribution < 1.29 is 18.3 Å². The van der Waals surface area contributed by atoms with E-state index in [1.807, 2.05) is 17.5 Å². The lowest BCUT2D eigenvalue weighted by atomic mass is 10.3. The van der Waals surface area contributed by atoms with Gasteiger partial charge in [0.25, 0.3) is 0 Å². The molecule has 0 atom stereocenters. The maximum absolute atomic E-state index is 12.5. The molecular formula is C13H15NO4S3. The Morgan fingerprint density at radius 2 is 2.14 bits per heavy atom. The minimum atomic E-state index is -3.65. The molecule has 114 valence electrons. The third-order valence-electron chi connectivity index (χ3n) is 3.02. The highest BCUT2D eigenvalue weighted by Gasteiger charge is 2.26. The van der Waals surface area contributed by atoms with Crippen LogP contribution >= 0.6 is 22.7 Å². The standard InChI is InChI=1S/C13H15NO4S3/c1-9-12(8-11(20-9)13(15)16)21(17,18)14(2)6-5-10-4-3-7-19-10/h3-4,7-8H,5-6H2,1-2H3,(H,15,16). The van der Waals surface area contributed by atoms with Crippen LogP contribution in [0.3, 0.4) is 0 Å². The fourth-order valence-corrected chi connectivity index (χ4v) is 5.10. The molecule has 0 aliphatic carbocycles. The van der Waals surface area contributed by atoms with Gasteiger partial charge in [-0.1, -0.05) is 6.07 Å². The maximum Gasteiger partial charge on any atom is 0.345 e. The molecule has 0 unspecified atom stereocenters. The molecule has 0 amide bonds. The number of carboxylic acids is 1. The first-order valence-corrected chi connectivity index (χ1v) is 9.28. The summed E-state index contributed by atoms with van der Waals surface area (Å²) in [6.07, 6.45) is 0.641. The van der Waals surface area contributed by atoms with Crippen LogP contribution in [0.2, 0.25) is 0 Å². The third-order valence-corrected chi connectivity index (χ3v) is 7.11. The lowest BCUT2D eigenvalue weighted by molar-refractivity contribution is 0.0702. The van der Waals surface area contributed by atoms with Crippen molar-refractivity contribution >= 4 is 38.7 Å². The number of nitrogens with zero attached hydrogens (tertiary/aromatic N) is 1. The highest BCUT2D eigenvalue weighted by molar-refractivity contribution is 7.89. The van der Waals surface area contributed by atoms with Crippen LogP contribution < -0.4 is 0 Å². The molecule has 1 N–H and O–H groups in total. The van der Waals surface area contributed by atoms with Gasteiger partial charge in [-0.25, -0.2) is 17.5 Å². The van der Waals surface area contributed by atoms with Crippen molar-refractivity contribution in [2.24, 2.45) is 0 Å². The van der Waals surface area contributed by atoms with Crippen molar-refractivity contribution in [1.82, 2.24) is 4.31 Å². The maximum atomic E-state index is 12.5. The van der Waals surface area contributed by atoms with Gasteiger partial charge in [-0.2, -0.15) is 0 Å². The first kappa shape index (κ1) is 16.2. The second-order valence-corrected chi connectivity index (χ2v) is 8.79. The zero-order valence-corrected chi connectivity index (χ0v) is 14.0. The average molecular weight is 345 g/mol. The van der Waals surface area contributed by atoms with E-state index in [1.165, 1.54) is 17.4 Å². The van der Waals surface area contributed by atoms with Crippen molar-refractivity contribution in [3.63, 3.8) is 0 Å². The zero-order chi connectivity index (χ0) is 15.6. The van der Waals surface area contributed by atoms with Gasteiger partial charge < -0.3 is 5.11 Å². The van der Waals surface area contributed by atoms with Crippen LogP contribution in [0.5, 0.6) is 0 Å². The summed E-state index contributed by atoms with van der Waals surface area (Å²) in [6, 6.07) is 5.12. The Morgan fingerprint density at radius 3 is 2.67 bits per heavy atom. The molecule has 0 aliphatic rings. The predicted octanol–water partition coefficient (Wildman–Crippen LogP) is 2.68. The quantitative estimate of drug-likeness (QED) is 0.873. The fourth-order valence-electron chi connectivity index (χ4n) is 1.84. The molecule has 0 aliphatic heterocycles. The van der Waals surface area contributed by atoms with Gasteiger partial charge in [0.1, 0.15) is 4.88 Å². The van der Waals surface area contributed by atoms with Gasteiger partial charge in [0.2, 0.25) is 10.0 Å². The van der Waals surface area contributed by atoms with E-state index >= 15 is 0 Å². The molecule has 0 saturated carbocycles. The molecule has 0 fully saturated rings. The van der Waals surface area contributed by atoms with Gasteiger partial charge in [0.15, 0.2) is 0 Å². The predicted molar refractivity (Wildman–Crippen MR) is 83.9 cm³/mol. The van der Waals surface area contributed by atoms with Gasteiger partial charge >= 0.3 is 5.97 Å². The summed E-state index contributed by atoms with van der Waals surface area (Å²) in [5, 5.41) is 10.9. The van der Waals surface area contributed by atoms with E-state index in [2.05, 4.69) is 0 Å². The van der Waals surface area contributed by atoms with E-state index in [0.717, 1.165) is 16.2 Å². The van der Waals surface area contributed by atoms with Crippen molar-refractivity contribution in [2.45, 2.75) is 18.2 Å². The number of rotatable bonds is 6. The van der Waals surface area contributed by atoms with Crippen molar-refractivity contribution in [2.75, 3.05) is 13.6 Å². The van der Waals surface area contributed by atoms with Crippen LogP contribution in [0.1, 0.15) is 19.4 Å². The van der Waals surface area contributed by atoms with Gasteiger partial charge in [-0.05, 0) is 30.9 Å². The van der Waals surface area contributed by atoms with E-state index in [1.54, 1.807) is 18.3 Å². The van der Waals surface area contributed by atoms with Crippen LogP contribution in [-0.2, 0) is 16.4 Å². The lowest BCUT2D eigenvalue weighted by Crippen LogP contribution is -2.29. The van der Waals surface area contributed by atoms with Crippen LogP contribution in [0, 0.1) is 6.92 Å². The Hall–Kier alpha value is -1.22. The monoisotopic (exact) mass is 345 g/mol. The van der Waals surface area contributed by atoms with Gasteiger partial charge in [0, 0.05) is 23.3 Å². The Bertz CT molecular complexity index is 732. The summed E-state index contributed by atoms with van der Waals surface area (Å²) in [6.45, 7) is 1.98. The molecule has 0 aromatic carbocycles. The Kier molecular flexibility index (Phi) is 4.82. The van der Waals surface area contributed by atoms with Crippen LogP contribution in [-0.4, -0.2) is 37.4 Å². The zero-order valence-electron chi connectivity index (χ0n) is 11.6. The summed E-state index contributed by atoms with van der Waals surface area (Å²) in [5.41, 5.74) is 0. The first-order valence-electron chi connectivity index (χ1n) is 6.15. The number of carboxylic acid groups (broad SMARTS) is 1. The average Bonchev–Trinajstić information content (AvgIpc) is 3.04. The second kappa shape index (κ2) is 6.27. The number of carbonyl (C=O) groups is 1. The smallest absolute Gasteiger partial charge is 0.345 e. The van der Waals surface area contributed by atoms with Gasteiger partial charge in [-0.3, -0.25) is 0 Å². The molecule has 5 nitrogen and oxygen atoms in total. The Morgan fingerprint density at radius 1 is 1.43 bits per heavy atom. The molecule has 0 bridgehead atoms. The molecule has 21 heavy (non-hydrogen) atoms. The van der Waals surface area contributed by atoms with Gasteiger partial charge in [0.05, 0.1) is 4.90 Å². The summed E-state index contributed by atoms with van der Waals surface area (Å²) >= 11 is 2.56. The summed E-state index contributed by atoms with van der Waals surface area (Å²) in [4.78, 5) is 12.7. The Labute approximate surface area is 131 Å². The number of likely N-dealkylation sites (N-methyl/N-ethyl adjacent to an activating group) is 1. The highest BCUT2D eigenvalue weighted by atomic mass is 32.2. The largest absolute Gasteiger partial charge is 0.477 e. The molecular weight excluding hydrogens is 330 g/mol. The van der Waals surface area contributed by atoms with Crippen molar-refractivity contribution in [3.05, 3.63) is 38.2 Å². The normalized spacial score (nSPS) is 12.0.